The first-order valence-electron chi connectivity index (χ1n) is 3.41. The van der Waals surface area contributed by atoms with Crippen LogP contribution in [-0.2, 0) is 0 Å². The van der Waals surface area contributed by atoms with E-state index in [2.05, 4.69) is 20.8 Å². The molecule has 54 valence electrons. The molecule has 0 N–H and O–H groups in total. The summed E-state index contributed by atoms with van der Waals surface area (Å²) in [6.45, 7) is 14.7. The fourth-order valence-corrected chi connectivity index (χ4v) is 0. The first kappa shape index (κ1) is 22.4. The number of hydrogen-bond acceptors (Lipinski definition) is 0. The van der Waals surface area contributed by atoms with Gasteiger partial charge < -0.3 is 13.8 Å². The van der Waals surface area contributed by atoms with Gasteiger partial charge in [0.25, 0.3) is 0 Å². The summed E-state index contributed by atoms with van der Waals surface area (Å²) < 4.78 is 0. The van der Waals surface area contributed by atoms with Gasteiger partial charge in [0.15, 0.2) is 0 Å². The summed E-state index contributed by atoms with van der Waals surface area (Å²) in [6.07, 6.45) is 2.28. The Balaban J connectivity index is -0.0000000221. The van der Waals surface area contributed by atoms with Crippen LogP contribution >= 0.6 is 0 Å². The van der Waals surface area contributed by atoms with Crippen LogP contribution in [0.3, 0.4) is 0 Å². The largest absolute Gasteiger partial charge is 1.00 e. The summed E-state index contributed by atoms with van der Waals surface area (Å²) >= 11 is 0. The molecule has 0 spiro atoms. The smallest absolute Gasteiger partial charge is 0.346 e. The van der Waals surface area contributed by atoms with Gasteiger partial charge in [-0.05, 0) is 0 Å². The van der Waals surface area contributed by atoms with Crippen molar-refractivity contribution in [3.63, 3.8) is 0 Å². The van der Waals surface area contributed by atoms with E-state index < -0.39 is 0 Å². The average Bonchev–Trinajstić information content (AvgIpc) is 1.96. The van der Waals surface area contributed by atoms with Crippen molar-refractivity contribution >= 4 is 0 Å². The molecule has 0 aliphatic heterocycles. The molecular weight excluding hydrogens is 135 g/mol. The van der Waals surface area contributed by atoms with E-state index in [0.717, 1.165) is 6.42 Å². The number of hydrogen-bond donors (Lipinski definition) is 0. The zero-order valence-corrected chi connectivity index (χ0v) is 11.0. The maximum Gasteiger partial charge on any atom is 1.00 e. The molecule has 0 aromatic rings. The molecule has 0 heterocycles. The Morgan fingerprint density at radius 3 is 1.22 bits per heavy atom. The molecule has 0 fully saturated rings. The van der Waals surface area contributed by atoms with Gasteiger partial charge in [-0.1, -0.05) is 27.2 Å². The van der Waals surface area contributed by atoms with Gasteiger partial charge in [0, 0.05) is 0 Å². The minimum atomic E-state index is 0. The van der Waals surface area contributed by atoms with Crippen molar-refractivity contribution in [2.45, 2.75) is 40.5 Å². The quantitative estimate of drug-likeness (QED) is 0.382. The Morgan fingerprint density at radius 2 is 1.22 bits per heavy atom. The monoisotopic (exact) mass is 155 g/mol. The maximum absolute atomic E-state index is 3.60. The molecule has 0 saturated heterocycles. The summed E-state index contributed by atoms with van der Waals surface area (Å²) in [6, 6.07) is 0. The third kappa shape index (κ3) is 80.8. The van der Waals surface area contributed by atoms with Crippen molar-refractivity contribution in [2.75, 3.05) is 0 Å². The molecule has 0 atom stereocenters. The summed E-state index contributed by atoms with van der Waals surface area (Å²) in [5.74, 6) is 0. The third-order valence-corrected chi connectivity index (χ3v) is 0.354. The van der Waals surface area contributed by atoms with E-state index >= 15 is 0 Å². The number of unbranched alkanes of at least 4 members (excludes halogenated alkanes) is 1. The predicted molar refractivity (Wildman–Crippen MR) is 42.6 cm³/mol. The first-order valence-corrected chi connectivity index (χ1v) is 3.41. The van der Waals surface area contributed by atoms with Crippen LogP contribution in [0.15, 0.2) is 0 Å². The van der Waals surface area contributed by atoms with Crippen molar-refractivity contribution in [1.29, 1.82) is 0 Å². The molecular formula is C8H20K-. The summed E-state index contributed by atoms with van der Waals surface area (Å²) in [7, 11) is 0. The molecule has 0 aliphatic rings. The van der Waals surface area contributed by atoms with Crippen molar-refractivity contribution < 1.29 is 51.4 Å². The second kappa shape index (κ2) is 54.4. The molecule has 0 amide bonds. The standard InChI is InChI=1S/C4H9.C2H6.C2H5.K/c1-3-4-2;2*1-2;/h1,3-4H2,2H3;1-2H3;1H2,2H3;/q-1;;-1;+1. The van der Waals surface area contributed by atoms with Crippen LogP contribution in [0, 0.1) is 13.8 Å². The Kier molecular flexibility index (Phi) is 135. The molecule has 0 aromatic heterocycles. The van der Waals surface area contributed by atoms with E-state index in [-0.39, 0.29) is 51.4 Å². The Morgan fingerprint density at radius 1 is 1.11 bits per heavy atom. The van der Waals surface area contributed by atoms with Gasteiger partial charge in [0.2, 0.25) is 0 Å². The van der Waals surface area contributed by atoms with Gasteiger partial charge in [0.05, 0.1) is 0 Å². The van der Waals surface area contributed by atoms with Crippen molar-refractivity contribution in [2.24, 2.45) is 0 Å². The topological polar surface area (TPSA) is 0 Å². The number of rotatable bonds is 1. The van der Waals surface area contributed by atoms with E-state index in [1.165, 1.54) is 6.42 Å². The Hall–Kier alpha value is 1.64. The van der Waals surface area contributed by atoms with Crippen molar-refractivity contribution in [3.05, 3.63) is 13.8 Å². The molecule has 0 aromatic carbocycles. The van der Waals surface area contributed by atoms with E-state index in [4.69, 9.17) is 0 Å². The van der Waals surface area contributed by atoms with Crippen LogP contribution < -0.4 is 51.4 Å². The molecule has 0 nitrogen and oxygen atoms in total. The fraction of sp³-hybridized carbons (Fsp3) is 0.750. The predicted octanol–water partition coefficient (Wildman–Crippen LogP) is 0.491. The minimum Gasteiger partial charge on any atom is -0.346 e. The molecule has 0 aliphatic carbocycles. The first-order chi connectivity index (χ1) is 3.91. The van der Waals surface area contributed by atoms with Crippen molar-refractivity contribution in [1.82, 2.24) is 0 Å². The van der Waals surface area contributed by atoms with Gasteiger partial charge in [0.1, 0.15) is 0 Å². The van der Waals surface area contributed by atoms with E-state index in [1.54, 1.807) is 6.92 Å². The third-order valence-electron chi connectivity index (χ3n) is 0.354. The molecule has 0 saturated carbocycles. The van der Waals surface area contributed by atoms with E-state index in [9.17, 15) is 0 Å². The van der Waals surface area contributed by atoms with Crippen LogP contribution in [0.1, 0.15) is 40.5 Å². The van der Waals surface area contributed by atoms with E-state index in [0.29, 0.717) is 0 Å². The second-order valence-electron chi connectivity index (χ2n) is 0.854. The van der Waals surface area contributed by atoms with Gasteiger partial charge in [-0.25, -0.2) is 0 Å². The fourth-order valence-electron chi connectivity index (χ4n) is 0. The molecule has 9 heavy (non-hydrogen) atoms. The van der Waals surface area contributed by atoms with Gasteiger partial charge in [-0.2, -0.15) is 13.3 Å². The summed E-state index contributed by atoms with van der Waals surface area (Å²) in [5.41, 5.74) is 0. The summed E-state index contributed by atoms with van der Waals surface area (Å²) in [5, 5.41) is 0. The minimum absolute atomic E-state index is 0. The zero-order chi connectivity index (χ0) is 7.41. The van der Waals surface area contributed by atoms with Crippen LogP contribution in [0.4, 0.5) is 0 Å². The van der Waals surface area contributed by atoms with Gasteiger partial charge in [-0.3, -0.25) is 0 Å². The average molecular weight is 155 g/mol. The van der Waals surface area contributed by atoms with Crippen molar-refractivity contribution in [3.8, 4) is 0 Å². The normalized spacial score (nSPS) is 4.67. The zero-order valence-electron chi connectivity index (χ0n) is 7.83. The molecule has 1 heteroatoms. The Labute approximate surface area is 104 Å². The SMILES string of the molecule is CC.[CH2-]C.[CH2-]CCC.[K+]. The van der Waals surface area contributed by atoms with Crippen LogP contribution in [-0.4, -0.2) is 0 Å². The molecule has 0 rings (SSSR count). The van der Waals surface area contributed by atoms with Gasteiger partial charge in [-0.15, -0.1) is 0 Å². The summed E-state index contributed by atoms with van der Waals surface area (Å²) in [4.78, 5) is 0. The molecule has 0 radical (unpaired) electrons. The van der Waals surface area contributed by atoms with Crippen LogP contribution in [0.2, 0.25) is 0 Å². The molecule has 0 unspecified atom stereocenters. The second-order valence-corrected chi connectivity index (χ2v) is 0.854. The van der Waals surface area contributed by atoms with Crippen LogP contribution in [0.5, 0.6) is 0 Å². The Bertz CT molecular complexity index is 6.53. The van der Waals surface area contributed by atoms with Crippen LogP contribution in [0.25, 0.3) is 0 Å². The maximum atomic E-state index is 3.60. The molecule has 0 bridgehead atoms. The van der Waals surface area contributed by atoms with Gasteiger partial charge >= 0.3 is 51.4 Å². The van der Waals surface area contributed by atoms with E-state index in [1.807, 2.05) is 13.8 Å².